The Balaban J connectivity index is 4.08. The van der Waals surface area contributed by atoms with Gasteiger partial charge >= 0.3 is 5.97 Å². The van der Waals surface area contributed by atoms with Crippen LogP contribution in [-0.4, -0.2) is 19.6 Å². The highest BCUT2D eigenvalue weighted by Gasteiger charge is 2.18. The molecule has 0 aromatic rings. The van der Waals surface area contributed by atoms with Crippen molar-refractivity contribution in [3.8, 4) is 0 Å². The second-order valence-corrected chi connectivity index (χ2v) is 8.65. The third-order valence-electron chi connectivity index (χ3n) is 0.982. The molecule has 12 heavy (non-hydrogen) atoms. The Bertz CT molecular complexity index is 194. The Kier molecular flexibility index (Phi) is 4.78. The molecule has 0 saturated carbocycles. The first-order valence-corrected chi connectivity index (χ1v) is 8.34. The molecule has 0 aliphatic heterocycles. The van der Waals surface area contributed by atoms with Gasteiger partial charge in [-0.2, -0.15) is 0 Å². The zero-order valence-electron chi connectivity index (χ0n) is 7.98. The van der Waals surface area contributed by atoms with E-state index in [1.165, 1.54) is 6.08 Å². The molecule has 0 saturated heterocycles. The van der Waals surface area contributed by atoms with Gasteiger partial charge in [0, 0.05) is 11.4 Å². The molecule has 0 rings (SSSR count). The summed E-state index contributed by atoms with van der Waals surface area (Å²) in [6.45, 7) is 7.85. The van der Waals surface area contributed by atoms with Gasteiger partial charge in [0.25, 0.3) is 0 Å². The van der Waals surface area contributed by atoms with E-state index in [1.54, 1.807) is 0 Å². The van der Waals surface area contributed by atoms with Gasteiger partial charge in [0.1, 0.15) is 0 Å². The van der Waals surface area contributed by atoms with Crippen molar-refractivity contribution in [2.45, 2.75) is 26.6 Å². The predicted molar refractivity (Wildman–Crippen MR) is 57.0 cm³/mol. The molecule has 0 spiro atoms. The lowest BCUT2D eigenvalue weighted by atomic mass is 10.3. The van der Waals surface area contributed by atoms with Crippen LogP contribution in [0, 0.1) is 0 Å². The first-order chi connectivity index (χ1) is 5.35. The molecule has 0 bridgehead atoms. The molecule has 0 unspecified atom stereocenters. The fourth-order valence-corrected chi connectivity index (χ4v) is 1.40. The number of carbonyl (C=O) groups excluding carboxylic acids is 1. The Hall–Kier alpha value is -0.0931. The van der Waals surface area contributed by atoms with Gasteiger partial charge in [-0.15, -0.1) is 0 Å². The first-order valence-electron chi connectivity index (χ1n) is 3.81. The fraction of sp³-hybridized carbons (Fsp3) is 0.625. The summed E-state index contributed by atoms with van der Waals surface area (Å²) in [6.07, 6.45) is 1.53. The van der Waals surface area contributed by atoms with Crippen molar-refractivity contribution in [1.29, 1.82) is 0 Å². The Morgan fingerprint density at radius 3 is 2.33 bits per heavy atom. The van der Waals surface area contributed by atoms with Crippen LogP contribution in [0.4, 0.5) is 0 Å². The molecule has 0 aliphatic rings. The Morgan fingerprint density at radius 2 is 2.00 bits per heavy atom. The van der Waals surface area contributed by atoms with E-state index in [2.05, 4.69) is 15.9 Å². The van der Waals surface area contributed by atoms with Gasteiger partial charge < -0.3 is 4.43 Å². The number of allylic oxidation sites excluding steroid dienone is 1. The van der Waals surface area contributed by atoms with E-state index in [0.29, 0.717) is 5.33 Å². The molecule has 0 N–H and O–H groups in total. The van der Waals surface area contributed by atoms with Crippen LogP contribution in [0.3, 0.4) is 0 Å². The van der Waals surface area contributed by atoms with E-state index < -0.39 is 8.32 Å². The summed E-state index contributed by atoms with van der Waals surface area (Å²) in [6, 6.07) is 0. The molecule has 0 radical (unpaired) electrons. The van der Waals surface area contributed by atoms with Crippen LogP contribution in [0.1, 0.15) is 6.92 Å². The van der Waals surface area contributed by atoms with Crippen molar-refractivity contribution >= 4 is 30.2 Å². The first kappa shape index (κ1) is 11.9. The van der Waals surface area contributed by atoms with Gasteiger partial charge in [-0.3, -0.25) is 0 Å². The van der Waals surface area contributed by atoms with Crippen LogP contribution >= 0.6 is 15.9 Å². The van der Waals surface area contributed by atoms with Crippen molar-refractivity contribution in [2.75, 3.05) is 5.33 Å². The molecule has 0 heterocycles. The van der Waals surface area contributed by atoms with Gasteiger partial charge in [0.2, 0.25) is 8.32 Å². The van der Waals surface area contributed by atoms with Crippen molar-refractivity contribution in [1.82, 2.24) is 0 Å². The molecule has 2 nitrogen and oxygen atoms in total. The quantitative estimate of drug-likeness (QED) is 0.438. The highest BCUT2D eigenvalue weighted by Crippen LogP contribution is 2.05. The Labute approximate surface area is 83.3 Å². The molecule has 70 valence electrons. The van der Waals surface area contributed by atoms with E-state index in [4.69, 9.17) is 4.43 Å². The summed E-state index contributed by atoms with van der Waals surface area (Å²) >= 11 is 3.26. The topological polar surface area (TPSA) is 26.3 Å². The van der Waals surface area contributed by atoms with Gasteiger partial charge in [0.15, 0.2) is 0 Å². The van der Waals surface area contributed by atoms with Crippen molar-refractivity contribution in [2.24, 2.45) is 0 Å². The van der Waals surface area contributed by atoms with Gasteiger partial charge in [-0.25, -0.2) is 4.79 Å². The van der Waals surface area contributed by atoms with Crippen molar-refractivity contribution < 1.29 is 9.22 Å². The van der Waals surface area contributed by atoms with E-state index in [0.717, 1.165) is 5.57 Å². The highest BCUT2D eigenvalue weighted by atomic mass is 79.9. The second-order valence-electron chi connectivity index (χ2n) is 3.66. The largest absolute Gasteiger partial charge is 0.517 e. The maximum Gasteiger partial charge on any atom is 0.317 e. The lowest BCUT2D eigenvalue weighted by Gasteiger charge is -2.15. The number of hydrogen-bond donors (Lipinski definition) is 0. The minimum absolute atomic E-state index is 0.217. The molecular formula is C8H15BrO2Si. The van der Waals surface area contributed by atoms with Crippen LogP contribution < -0.4 is 0 Å². The molecule has 4 heteroatoms. The van der Waals surface area contributed by atoms with Crippen LogP contribution in [0.2, 0.25) is 19.6 Å². The summed E-state index contributed by atoms with van der Waals surface area (Å²) in [7, 11) is -1.71. The fourth-order valence-electron chi connectivity index (χ4n) is 0.571. The summed E-state index contributed by atoms with van der Waals surface area (Å²) in [5.41, 5.74) is 0.984. The maximum atomic E-state index is 11.1. The van der Waals surface area contributed by atoms with Gasteiger partial charge in [0.05, 0.1) is 0 Å². The third kappa shape index (κ3) is 6.61. The van der Waals surface area contributed by atoms with Crippen LogP contribution in [0.15, 0.2) is 11.6 Å². The third-order valence-corrected chi connectivity index (χ3v) is 2.68. The second kappa shape index (κ2) is 4.82. The van der Waals surface area contributed by atoms with Crippen LogP contribution in [0.25, 0.3) is 0 Å². The molecule has 0 amide bonds. The number of hydrogen-bond acceptors (Lipinski definition) is 2. The predicted octanol–water partition coefficient (Wildman–Crippen LogP) is 2.71. The molecule has 0 aromatic heterocycles. The average Bonchev–Trinajstić information content (AvgIpc) is 1.82. The zero-order valence-corrected chi connectivity index (χ0v) is 10.6. The van der Waals surface area contributed by atoms with Crippen LogP contribution in [-0.2, 0) is 9.22 Å². The Morgan fingerprint density at radius 1 is 1.50 bits per heavy atom. The summed E-state index contributed by atoms with van der Waals surface area (Å²) in [5, 5.41) is 0.716. The highest BCUT2D eigenvalue weighted by molar-refractivity contribution is 9.09. The number of halogens is 1. The standard InChI is InChI=1S/C8H15BrO2Si/c1-7(6-9)5-8(10)11-12(2,3)4/h5H,6H2,1-4H3. The van der Waals surface area contributed by atoms with E-state index >= 15 is 0 Å². The number of rotatable bonds is 3. The lowest BCUT2D eigenvalue weighted by Crippen LogP contribution is -2.28. The monoisotopic (exact) mass is 250 g/mol. The molecular weight excluding hydrogens is 236 g/mol. The normalized spacial score (nSPS) is 12.9. The van der Waals surface area contributed by atoms with Crippen molar-refractivity contribution in [3.63, 3.8) is 0 Å². The zero-order chi connectivity index (χ0) is 9.78. The van der Waals surface area contributed by atoms with Gasteiger partial charge in [-0.05, 0) is 26.6 Å². The lowest BCUT2D eigenvalue weighted by molar-refractivity contribution is -0.129. The van der Waals surface area contributed by atoms with Crippen molar-refractivity contribution in [3.05, 3.63) is 11.6 Å². The average molecular weight is 251 g/mol. The summed E-state index contributed by atoms with van der Waals surface area (Å²) < 4.78 is 5.21. The maximum absolute atomic E-state index is 11.1. The van der Waals surface area contributed by atoms with Gasteiger partial charge in [-0.1, -0.05) is 21.5 Å². The smallest absolute Gasteiger partial charge is 0.317 e. The molecule has 0 aromatic carbocycles. The minimum Gasteiger partial charge on any atom is -0.517 e. The van der Waals surface area contributed by atoms with E-state index in [9.17, 15) is 4.79 Å². The number of alkyl halides is 1. The summed E-state index contributed by atoms with van der Waals surface area (Å²) in [4.78, 5) is 11.1. The minimum atomic E-state index is -1.71. The molecule has 0 fully saturated rings. The van der Waals surface area contributed by atoms with E-state index in [-0.39, 0.29) is 5.97 Å². The SMILES string of the molecule is CC(=CC(=O)O[Si](C)(C)C)CBr. The van der Waals surface area contributed by atoms with E-state index in [1.807, 2.05) is 26.6 Å². The summed E-state index contributed by atoms with van der Waals surface area (Å²) in [5.74, 6) is -0.217. The molecule has 0 atom stereocenters. The van der Waals surface area contributed by atoms with Crippen LogP contribution in [0.5, 0.6) is 0 Å². The molecule has 0 aliphatic carbocycles. The number of carbonyl (C=O) groups is 1.